The second-order valence-corrected chi connectivity index (χ2v) is 12.6. The second kappa shape index (κ2) is 8.73. The highest BCUT2D eigenvalue weighted by molar-refractivity contribution is 7.91. The number of carbonyl (C=O) groups is 1. The minimum absolute atomic E-state index is 0.0196. The molecule has 0 bridgehead atoms. The van der Waals surface area contributed by atoms with Crippen molar-refractivity contribution in [3.63, 3.8) is 0 Å². The summed E-state index contributed by atoms with van der Waals surface area (Å²) in [4.78, 5) is 28.7. The molecule has 1 aliphatic heterocycles. The average Bonchev–Trinajstić information content (AvgIpc) is 3.07. The van der Waals surface area contributed by atoms with E-state index in [-0.39, 0.29) is 34.4 Å². The Labute approximate surface area is 200 Å². The summed E-state index contributed by atoms with van der Waals surface area (Å²) in [5, 5.41) is 0. The van der Waals surface area contributed by atoms with Gasteiger partial charge in [0.1, 0.15) is 9.84 Å². The van der Waals surface area contributed by atoms with E-state index in [0.717, 1.165) is 22.4 Å². The number of anilines is 1. The number of imidazole rings is 1. The Kier molecular flexibility index (Phi) is 6.23. The Morgan fingerprint density at radius 2 is 1.74 bits per heavy atom. The fourth-order valence-corrected chi connectivity index (χ4v) is 6.56. The molecule has 3 aromatic rings. The van der Waals surface area contributed by atoms with E-state index in [1.165, 1.54) is 0 Å². The van der Waals surface area contributed by atoms with Gasteiger partial charge < -0.3 is 4.90 Å². The molecular weight excluding hydrogens is 450 g/mol. The molecule has 2 aromatic carbocycles. The molecule has 1 aromatic heterocycles. The van der Waals surface area contributed by atoms with Gasteiger partial charge in [-0.3, -0.25) is 13.9 Å². The molecule has 7 nitrogen and oxygen atoms in total. The molecule has 0 spiro atoms. The molecule has 0 aliphatic carbocycles. The first kappa shape index (κ1) is 24.3. The van der Waals surface area contributed by atoms with Crippen LogP contribution in [0.1, 0.15) is 56.4 Å². The molecule has 182 valence electrons. The van der Waals surface area contributed by atoms with Crippen LogP contribution >= 0.6 is 0 Å². The van der Waals surface area contributed by atoms with Gasteiger partial charge in [0.2, 0.25) is 0 Å². The molecule has 0 N–H and O–H groups in total. The second-order valence-electron chi connectivity index (χ2n) is 10.3. The highest BCUT2D eigenvalue weighted by Crippen LogP contribution is 2.37. The van der Waals surface area contributed by atoms with Gasteiger partial charge in [-0.05, 0) is 68.5 Å². The topological polar surface area (TPSA) is 81.4 Å². The summed E-state index contributed by atoms with van der Waals surface area (Å²) in [5.41, 5.74) is 3.32. The smallest absolute Gasteiger partial charge is 0.333 e. The largest absolute Gasteiger partial charge is 0.378 e. The highest BCUT2D eigenvalue weighted by Gasteiger charge is 2.35. The summed E-state index contributed by atoms with van der Waals surface area (Å²) in [6.07, 6.45) is 1.29. The number of fused-ring (bicyclic) bond motifs is 1. The summed E-state index contributed by atoms with van der Waals surface area (Å²) in [6, 6.07) is 13.2. The molecule has 0 radical (unpaired) electrons. The number of ketones is 1. The number of carbonyl (C=O) groups excluding carboxylic acids is 1. The van der Waals surface area contributed by atoms with Crippen LogP contribution in [0.5, 0.6) is 0 Å². The zero-order chi connectivity index (χ0) is 24.8. The maximum Gasteiger partial charge on any atom is 0.333 e. The van der Waals surface area contributed by atoms with Crippen molar-refractivity contribution in [2.75, 3.05) is 30.5 Å². The predicted octanol–water partition coefficient (Wildman–Crippen LogP) is 4.23. The summed E-state index contributed by atoms with van der Waals surface area (Å²) in [7, 11) is 0.925. The number of nitrogens with zero attached hydrogens (tertiary/aromatic N) is 3. The van der Waals surface area contributed by atoms with Crippen LogP contribution in [0.15, 0.2) is 47.3 Å². The fraction of sp³-hybridized carbons (Fsp3) is 0.462. The summed E-state index contributed by atoms with van der Waals surface area (Å²) in [6.45, 7) is 5.91. The third-order valence-corrected chi connectivity index (χ3v) is 8.59. The monoisotopic (exact) mass is 483 g/mol. The lowest BCUT2D eigenvalue weighted by Gasteiger charge is -2.32. The molecule has 1 fully saturated rings. The van der Waals surface area contributed by atoms with E-state index in [4.69, 9.17) is 0 Å². The molecule has 2 heterocycles. The van der Waals surface area contributed by atoms with Crippen molar-refractivity contribution in [2.24, 2.45) is 5.41 Å². The van der Waals surface area contributed by atoms with Gasteiger partial charge in [-0.25, -0.2) is 13.2 Å². The SMILES string of the molecule is CC(C)n1c(=O)n(-c2cccc(N(C)C)c2)c2ccc(C(=O)CC3(C)CCS(=O)(=O)CC3)cc21. The number of benzene rings is 2. The average molecular weight is 484 g/mol. The van der Waals surface area contributed by atoms with Crippen molar-refractivity contribution in [1.82, 2.24) is 9.13 Å². The van der Waals surface area contributed by atoms with Crippen LogP contribution in [0.3, 0.4) is 0 Å². The number of aromatic nitrogens is 2. The van der Waals surface area contributed by atoms with Crippen LogP contribution in [0.4, 0.5) is 5.69 Å². The first-order valence-corrected chi connectivity index (χ1v) is 13.5. The molecule has 0 unspecified atom stereocenters. The van der Waals surface area contributed by atoms with Gasteiger partial charge in [-0.15, -0.1) is 0 Å². The van der Waals surface area contributed by atoms with E-state index < -0.39 is 9.84 Å². The van der Waals surface area contributed by atoms with Crippen molar-refractivity contribution >= 4 is 32.3 Å². The van der Waals surface area contributed by atoms with Crippen molar-refractivity contribution in [3.8, 4) is 5.69 Å². The molecule has 0 atom stereocenters. The summed E-state index contributed by atoms with van der Waals surface area (Å²) >= 11 is 0. The third-order valence-electron chi connectivity index (χ3n) is 6.94. The lowest BCUT2D eigenvalue weighted by molar-refractivity contribution is 0.0911. The van der Waals surface area contributed by atoms with Gasteiger partial charge in [0.25, 0.3) is 0 Å². The normalized spacial score (nSPS) is 17.2. The molecule has 4 rings (SSSR count). The lowest BCUT2D eigenvalue weighted by atomic mass is 9.78. The number of rotatable bonds is 6. The van der Waals surface area contributed by atoms with E-state index in [9.17, 15) is 18.0 Å². The zero-order valence-corrected chi connectivity index (χ0v) is 21.4. The Morgan fingerprint density at radius 1 is 1.06 bits per heavy atom. The maximum absolute atomic E-state index is 13.5. The van der Waals surface area contributed by atoms with E-state index in [0.29, 0.717) is 24.8 Å². The van der Waals surface area contributed by atoms with Gasteiger partial charge in [-0.2, -0.15) is 0 Å². The highest BCUT2D eigenvalue weighted by atomic mass is 32.2. The summed E-state index contributed by atoms with van der Waals surface area (Å²) < 4.78 is 27.1. The Bertz CT molecular complexity index is 1400. The minimum atomic E-state index is -2.99. The van der Waals surface area contributed by atoms with Gasteiger partial charge in [0, 0.05) is 37.8 Å². The van der Waals surface area contributed by atoms with Crippen LogP contribution < -0.4 is 10.6 Å². The predicted molar refractivity (Wildman–Crippen MR) is 137 cm³/mol. The van der Waals surface area contributed by atoms with Gasteiger partial charge >= 0.3 is 5.69 Å². The lowest BCUT2D eigenvalue weighted by Crippen LogP contribution is -2.33. The van der Waals surface area contributed by atoms with Crippen molar-refractivity contribution < 1.29 is 13.2 Å². The Balaban J connectivity index is 1.76. The minimum Gasteiger partial charge on any atom is -0.378 e. The molecule has 8 heteroatoms. The van der Waals surface area contributed by atoms with Crippen molar-refractivity contribution in [2.45, 2.75) is 46.1 Å². The number of hydrogen-bond acceptors (Lipinski definition) is 5. The van der Waals surface area contributed by atoms with E-state index in [1.54, 1.807) is 15.2 Å². The standard InChI is InChI=1S/C26H33N3O4S/c1-18(2)28-23-15-19(24(30)17-26(3)11-13-34(32,33)14-12-26)9-10-22(23)29(25(28)31)21-8-6-7-20(16-21)27(4)5/h6-10,15-16,18H,11-14,17H2,1-5H3. The van der Waals surface area contributed by atoms with Gasteiger partial charge in [-0.1, -0.05) is 13.0 Å². The fourth-order valence-electron chi connectivity index (χ4n) is 4.75. The van der Waals surface area contributed by atoms with E-state index in [1.807, 2.05) is 76.2 Å². The van der Waals surface area contributed by atoms with E-state index in [2.05, 4.69) is 0 Å². The van der Waals surface area contributed by atoms with Gasteiger partial charge in [0.15, 0.2) is 5.78 Å². The van der Waals surface area contributed by atoms with Gasteiger partial charge in [0.05, 0.1) is 28.2 Å². The number of hydrogen-bond donors (Lipinski definition) is 0. The Hall–Kier alpha value is -2.87. The van der Waals surface area contributed by atoms with Crippen LogP contribution in [0, 0.1) is 5.41 Å². The van der Waals surface area contributed by atoms with Crippen LogP contribution in [0.2, 0.25) is 0 Å². The van der Waals surface area contributed by atoms with Crippen LogP contribution in [-0.2, 0) is 9.84 Å². The van der Waals surface area contributed by atoms with Crippen LogP contribution in [0.25, 0.3) is 16.7 Å². The molecule has 1 aliphatic rings. The molecule has 0 saturated carbocycles. The molecular formula is C26H33N3O4S. The van der Waals surface area contributed by atoms with Crippen molar-refractivity contribution in [3.05, 3.63) is 58.5 Å². The maximum atomic E-state index is 13.5. The van der Waals surface area contributed by atoms with Crippen molar-refractivity contribution in [1.29, 1.82) is 0 Å². The first-order chi connectivity index (χ1) is 15.9. The molecule has 34 heavy (non-hydrogen) atoms. The first-order valence-electron chi connectivity index (χ1n) is 11.7. The number of Topliss-reactive ketones (excluding diaryl/α,β-unsaturated/α-hetero) is 1. The molecule has 1 saturated heterocycles. The summed E-state index contributed by atoms with van der Waals surface area (Å²) in [5.74, 6) is 0.253. The number of sulfone groups is 1. The Morgan fingerprint density at radius 3 is 2.35 bits per heavy atom. The van der Waals surface area contributed by atoms with E-state index >= 15 is 0 Å². The van der Waals surface area contributed by atoms with Crippen LogP contribution in [-0.4, -0.2) is 48.9 Å². The molecule has 0 amide bonds. The third kappa shape index (κ3) is 4.56. The quantitative estimate of drug-likeness (QED) is 0.490. The zero-order valence-electron chi connectivity index (χ0n) is 20.5.